The van der Waals surface area contributed by atoms with Crippen molar-refractivity contribution in [3.05, 3.63) is 54.6 Å². The van der Waals surface area contributed by atoms with E-state index in [1.807, 2.05) is 54.6 Å². The maximum absolute atomic E-state index is 5.15. The van der Waals surface area contributed by atoms with Gasteiger partial charge in [-0.3, -0.25) is 0 Å². The van der Waals surface area contributed by atoms with E-state index in [2.05, 4.69) is 15.1 Å². The minimum absolute atomic E-state index is 0.730. The molecule has 0 fully saturated rings. The van der Waals surface area contributed by atoms with Crippen molar-refractivity contribution in [2.45, 2.75) is 0 Å². The predicted octanol–water partition coefficient (Wildman–Crippen LogP) is 4.67. The lowest BCUT2D eigenvalue weighted by molar-refractivity contribution is 1.33. The Kier molecular flexibility index (Phi) is 3.51. The summed E-state index contributed by atoms with van der Waals surface area (Å²) >= 11 is 5.15. The summed E-state index contributed by atoms with van der Waals surface area (Å²) in [5.74, 6) is 0. The highest BCUT2D eigenvalue weighted by Gasteiger charge is 1.94. The number of nitrogens with zero attached hydrogens (tertiary/aromatic N) is 2. The maximum Gasteiger partial charge on any atom is 0.0869 e. The van der Waals surface area contributed by atoms with Crippen LogP contribution in [0.5, 0.6) is 0 Å². The first-order chi connectivity index (χ1) is 7.88. The summed E-state index contributed by atoms with van der Waals surface area (Å²) in [7, 11) is 0. The molecule has 0 aliphatic carbocycles. The van der Waals surface area contributed by atoms with Crippen LogP contribution in [0.3, 0.4) is 0 Å². The van der Waals surface area contributed by atoms with E-state index in [-0.39, 0.29) is 0 Å². The minimum atomic E-state index is 0.730. The van der Waals surface area contributed by atoms with E-state index in [0.717, 1.165) is 17.1 Å². The lowest BCUT2D eigenvalue weighted by Gasteiger charge is -2.05. The van der Waals surface area contributed by atoms with Gasteiger partial charge in [0.1, 0.15) is 0 Å². The molecule has 0 aromatic heterocycles. The van der Waals surface area contributed by atoms with Crippen LogP contribution in [-0.4, -0.2) is 0 Å². The SMILES string of the molecule is ClN=Nc1ccc(Nc2ccccc2)cc1. The fourth-order valence-corrected chi connectivity index (χ4v) is 1.43. The highest BCUT2D eigenvalue weighted by atomic mass is 35.5. The van der Waals surface area contributed by atoms with Crippen LogP contribution in [0.15, 0.2) is 64.3 Å². The molecule has 2 aromatic carbocycles. The number of halogens is 1. The predicted molar refractivity (Wildman–Crippen MR) is 66.5 cm³/mol. The van der Waals surface area contributed by atoms with Crippen molar-refractivity contribution in [1.82, 2.24) is 0 Å². The van der Waals surface area contributed by atoms with Gasteiger partial charge in [-0.15, -0.1) is 5.11 Å². The highest BCUT2D eigenvalue weighted by molar-refractivity contribution is 6.14. The van der Waals surface area contributed by atoms with E-state index in [1.165, 1.54) is 0 Å². The Hall–Kier alpha value is -1.87. The Bertz CT molecular complexity index is 465. The molecular formula is C12H10ClN3. The normalized spacial score (nSPS) is 10.6. The number of anilines is 2. The van der Waals surface area contributed by atoms with Crippen LogP contribution < -0.4 is 5.32 Å². The number of nitrogens with one attached hydrogen (secondary N) is 1. The first kappa shape index (κ1) is 10.6. The summed E-state index contributed by atoms with van der Waals surface area (Å²) in [5.41, 5.74) is 2.78. The fraction of sp³-hybridized carbons (Fsp3) is 0. The van der Waals surface area contributed by atoms with E-state index >= 15 is 0 Å². The molecule has 3 nitrogen and oxygen atoms in total. The smallest absolute Gasteiger partial charge is 0.0869 e. The third-order valence-corrected chi connectivity index (χ3v) is 2.16. The Balaban J connectivity index is 2.11. The topological polar surface area (TPSA) is 36.8 Å². The first-order valence-electron chi connectivity index (χ1n) is 4.82. The molecule has 0 heterocycles. The molecule has 0 aliphatic rings. The van der Waals surface area contributed by atoms with Crippen LogP contribution in [0.2, 0.25) is 0 Å². The van der Waals surface area contributed by atoms with Crippen molar-refractivity contribution in [1.29, 1.82) is 0 Å². The van der Waals surface area contributed by atoms with Gasteiger partial charge >= 0.3 is 0 Å². The van der Waals surface area contributed by atoms with Crippen molar-refractivity contribution in [2.75, 3.05) is 5.32 Å². The summed E-state index contributed by atoms with van der Waals surface area (Å²) in [6.07, 6.45) is 0. The molecular weight excluding hydrogens is 222 g/mol. The van der Waals surface area contributed by atoms with Crippen LogP contribution in [0.1, 0.15) is 0 Å². The number of hydrogen-bond donors (Lipinski definition) is 1. The molecule has 4 heteroatoms. The van der Waals surface area contributed by atoms with Gasteiger partial charge in [-0.1, -0.05) is 22.8 Å². The molecule has 0 bridgehead atoms. The van der Waals surface area contributed by atoms with Crippen molar-refractivity contribution in [3.63, 3.8) is 0 Å². The van der Waals surface area contributed by atoms with Crippen molar-refractivity contribution in [3.8, 4) is 0 Å². The molecule has 1 N–H and O–H groups in total. The minimum Gasteiger partial charge on any atom is -0.356 e. The lowest BCUT2D eigenvalue weighted by atomic mass is 10.2. The largest absolute Gasteiger partial charge is 0.356 e. The van der Waals surface area contributed by atoms with E-state index in [9.17, 15) is 0 Å². The standard InChI is InChI=1S/C12H10ClN3/c13-16-15-12-8-6-11(7-9-12)14-10-4-2-1-3-5-10/h1-9,14H. The second-order valence-corrected chi connectivity index (χ2v) is 3.36. The average Bonchev–Trinajstić information content (AvgIpc) is 2.33. The molecule has 0 amide bonds. The van der Waals surface area contributed by atoms with Gasteiger partial charge in [0.15, 0.2) is 0 Å². The number of benzene rings is 2. The molecule has 0 aliphatic heterocycles. The van der Waals surface area contributed by atoms with Crippen LogP contribution >= 0.6 is 11.8 Å². The Morgan fingerprint density at radius 2 is 1.44 bits per heavy atom. The monoisotopic (exact) mass is 231 g/mol. The summed E-state index contributed by atoms with van der Waals surface area (Å²) in [6, 6.07) is 17.5. The zero-order valence-corrected chi connectivity index (χ0v) is 9.22. The molecule has 80 valence electrons. The molecule has 0 saturated heterocycles. The van der Waals surface area contributed by atoms with Crippen LogP contribution in [-0.2, 0) is 0 Å². The van der Waals surface area contributed by atoms with Gasteiger partial charge in [0.05, 0.1) is 17.5 Å². The van der Waals surface area contributed by atoms with Crippen LogP contribution in [0.4, 0.5) is 17.1 Å². The van der Waals surface area contributed by atoms with Crippen molar-refractivity contribution in [2.24, 2.45) is 9.75 Å². The third kappa shape index (κ3) is 2.81. The lowest BCUT2D eigenvalue weighted by Crippen LogP contribution is -1.88. The molecule has 0 unspecified atom stereocenters. The highest BCUT2D eigenvalue weighted by Crippen LogP contribution is 2.20. The van der Waals surface area contributed by atoms with Crippen molar-refractivity contribution < 1.29 is 0 Å². The van der Waals surface area contributed by atoms with Gasteiger partial charge in [0.25, 0.3) is 0 Å². The number of para-hydroxylation sites is 1. The molecule has 0 atom stereocenters. The van der Waals surface area contributed by atoms with Gasteiger partial charge < -0.3 is 5.32 Å². The molecule has 0 spiro atoms. The number of hydrogen-bond acceptors (Lipinski definition) is 3. The first-order valence-corrected chi connectivity index (χ1v) is 5.16. The summed E-state index contributed by atoms with van der Waals surface area (Å²) in [6.45, 7) is 0. The van der Waals surface area contributed by atoms with E-state index in [1.54, 1.807) is 0 Å². The van der Waals surface area contributed by atoms with E-state index in [4.69, 9.17) is 11.8 Å². The molecule has 0 saturated carbocycles. The van der Waals surface area contributed by atoms with Gasteiger partial charge in [-0.2, -0.15) is 0 Å². The van der Waals surface area contributed by atoms with Crippen molar-refractivity contribution >= 4 is 28.8 Å². The van der Waals surface area contributed by atoms with Gasteiger partial charge in [0.2, 0.25) is 0 Å². The molecule has 16 heavy (non-hydrogen) atoms. The second-order valence-electron chi connectivity index (χ2n) is 3.21. The molecule has 2 rings (SSSR count). The quantitative estimate of drug-likeness (QED) is 0.766. The maximum atomic E-state index is 5.15. The van der Waals surface area contributed by atoms with Gasteiger partial charge in [-0.25, -0.2) is 0 Å². The Labute approximate surface area is 98.9 Å². The van der Waals surface area contributed by atoms with E-state index in [0.29, 0.717) is 0 Å². The van der Waals surface area contributed by atoms with Crippen LogP contribution in [0.25, 0.3) is 0 Å². The zero-order valence-electron chi connectivity index (χ0n) is 8.47. The Morgan fingerprint density at radius 1 is 0.812 bits per heavy atom. The summed E-state index contributed by atoms with van der Waals surface area (Å²) in [5, 5.41) is 6.99. The number of rotatable bonds is 3. The summed E-state index contributed by atoms with van der Waals surface area (Å²) < 4.78 is 3.20. The molecule has 2 aromatic rings. The van der Waals surface area contributed by atoms with Gasteiger partial charge in [0, 0.05) is 11.4 Å². The van der Waals surface area contributed by atoms with Crippen LogP contribution in [0, 0.1) is 0 Å². The second kappa shape index (κ2) is 5.28. The Morgan fingerprint density at radius 3 is 2.06 bits per heavy atom. The zero-order chi connectivity index (χ0) is 11.2. The molecule has 0 radical (unpaired) electrons. The third-order valence-electron chi connectivity index (χ3n) is 2.08. The van der Waals surface area contributed by atoms with E-state index < -0.39 is 0 Å². The summed E-state index contributed by atoms with van der Waals surface area (Å²) in [4.78, 5) is 0. The van der Waals surface area contributed by atoms with Gasteiger partial charge in [-0.05, 0) is 36.4 Å². The average molecular weight is 232 g/mol. The fourth-order valence-electron chi connectivity index (χ4n) is 1.34.